The van der Waals surface area contributed by atoms with Crippen LogP contribution in [0.15, 0.2) is 42.5 Å². The first-order chi connectivity index (χ1) is 10.1. The van der Waals surface area contributed by atoms with Gasteiger partial charge in [0.25, 0.3) is 0 Å². The Balaban J connectivity index is 1.97. The lowest BCUT2D eigenvalue weighted by molar-refractivity contribution is 0.706. The van der Waals surface area contributed by atoms with Crippen molar-refractivity contribution in [1.82, 2.24) is 0 Å². The molecule has 2 aromatic rings. The van der Waals surface area contributed by atoms with Crippen molar-refractivity contribution in [3.63, 3.8) is 0 Å². The van der Waals surface area contributed by atoms with Gasteiger partial charge in [0, 0.05) is 11.1 Å². The van der Waals surface area contributed by atoms with Gasteiger partial charge in [0.2, 0.25) is 0 Å². The van der Waals surface area contributed by atoms with E-state index in [1.165, 1.54) is 11.1 Å². The van der Waals surface area contributed by atoms with E-state index < -0.39 is 0 Å². The average molecular weight is 299 g/mol. The highest BCUT2D eigenvalue weighted by molar-refractivity contribution is 6.30. The summed E-state index contributed by atoms with van der Waals surface area (Å²) in [4.78, 5) is 0. The van der Waals surface area contributed by atoms with Crippen LogP contribution in [-0.4, -0.2) is 6.04 Å². The molecule has 0 bridgehead atoms. The van der Waals surface area contributed by atoms with Crippen molar-refractivity contribution in [1.29, 1.82) is 5.26 Å². The SMILES string of the molecule is Cc1cccc(CCC(C)Nc2cc(Cl)ccc2C#N)c1. The molecule has 0 amide bonds. The van der Waals surface area contributed by atoms with E-state index in [9.17, 15) is 0 Å². The first-order valence-electron chi connectivity index (χ1n) is 7.10. The molecule has 1 N–H and O–H groups in total. The number of hydrogen-bond donors (Lipinski definition) is 1. The lowest BCUT2D eigenvalue weighted by atomic mass is 10.0. The Bertz CT molecular complexity index is 659. The molecule has 2 rings (SSSR count). The Morgan fingerprint density at radius 2 is 2.05 bits per heavy atom. The van der Waals surface area contributed by atoms with Gasteiger partial charge in [0.1, 0.15) is 6.07 Å². The van der Waals surface area contributed by atoms with Crippen LogP contribution in [0.4, 0.5) is 5.69 Å². The molecule has 21 heavy (non-hydrogen) atoms. The maximum Gasteiger partial charge on any atom is 0.101 e. The molecule has 0 aromatic heterocycles. The minimum absolute atomic E-state index is 0.274. The van der Waals surface area contributed by atoms with Crippen LogP contribution in [0, 0.1) is 18.3 Å². The summed E-state index contributed by atoms with van der Waals surface area (Å²) in [7, 11) is 0. The van der Waals surface area contributed by atoms with Gasteiger partial charge in [0.15, 0.2) is 0 Å². The number of benzene rings is 2. The number of anilines is 1. The third-order valence-electron chi connectivity index (χ3n) is 3.45. The van der Waals surface area contributed by atoms with Crippen LogP contribution >= 0.6 is 11.6 Å². The van der Waals surface area contributed by atoms with Crippen molar-refractivity contribution < 1.29 is 0 Å². The number of nitrogens with zero attached hydrogens (tertiary/aromatic N) is 1. The van der Waals surface area contributed by atoms with E-state index in [1.54, 1.807) is 12.1 Å². The van der Waals surface area contributed by atoms with Gasteiger partial charge >= 0.3 is 0 Å². The first kappa shape index (κ1) is 15.4. The molecule has 2 nitrogen and oxygen atoms in total. The van der Waals surface area contributed by atoms with Crippen LogP contribution in [0.2, 0.25) is 5.02 Å². The van der Waals surface area contributed by atoms with E-state index >= 15 is 0 Å². The second-order valence-corrected chi connectivity index (χ2v) is 5.81. The Morgan fingerprint density at radius 1 is 1.24 bits per heavy atom. The predicted molar refractivity (Wildman–Crippen MR) is 88.8 cm³/mol. The molecule has 0 saturated carbocycles. The fourth-order valence-electron chi connectivity index (χ4n) is 2.32. The van der Waals surface area contributed by atoms with Crippen LogP contribution in [0.3, 0.4) is 0 Å². The van der Waals surface area contributed by atoms with Crippen molar-refractivity contribution in [2.45, 2.75) is 32.7 Å². The van der Waals surface area contributed by atoms with E-state index in [1.807, 2.05) is 6.07 Å². The molecule has 1 atom stereocenters. The third-order valence-corrected chi connectivity index (χ3v) is 3.69. The van der Waals surface area contributed by atoms with Gasteiger partial charge in [0.05, 0.1) is 11.3 Å². The van der Waals surface area contributed by atoms with Crippen molar-refractivity contribution >= 4 is 17.3 Å². The molecule has 1 unspecified atom stereocenters. The van der Waals surface area contributed by atoms with Gasteiger partial charge in [-0.15, -0.1) is 0 Å². The fourth-order valence-corrected chi connectivity index (χ4v) is 2.49. The highest BCUT2D eigenvalue weighted by Crippen LogP contribution is 2.22. The second kappa shape index (κ2) is 7.15. The Hall–Kier alpha value is -1.98. The lowest BCUT2D eigenvalue weighted by Crippen LogP contribution is -2.16. The zero-order chi connectivity index (χ0) is 15.2. The summed E-state index contributed by atoms with van der Waals surface area (Å²) in [5.41, 5.74) is 4.06. The van der Waals surface area contributed by atoms with Gasteiger partial charge in [-0.2, -0.15) is 5.26 Å². The molecule has 0 aliphatic carbocycles. The van der Waals surface area contributed by atoms with Crippen LogP contribution in [-0.2, 0) is 6.42 Å². The quantitative estimate of drug-likeness (QED) is 0.847. The summed E-state index contributed by atoms with van der Waals surface area (Å²) < 4.78 is 0. The fraction of sp³-hybridized carbons (Fsp3) is 0.278. The Kier molecular flexibility index (Phi) is 5.25. The van der Waals surface area contributed by atoms with Gasteiger partial charge in [-0.3, -0.25) is 0 Å². The standard InChI is InChI=1S/C18H19ClN2/c1-13-4-3-5-15(10-13)7-6-14(2)21-18-11-17(19)9-8-16(18)12-20/h3-5,8-11,14,21H,6-7H2,1-2H3. The molecule has 0 aliphatic rings. The summed E-state index contributed by atoms with van der Waals surface area (Å²) >= 11 is 6.00. The molecule has 108 valence electrons. The predicted octanol–water partition coefficient (Wildman–Crippen LogP) is 4.95. The monoisotopic (exact) mass is 298 g/mol. The van der Waals surface area contributed by atoms with E-state index in [0.717, 1.165) is 18.5 Å². The van der Waals surface area contributed by atoms with Gasteiger partial charge in [-0.25, -0.2) is 0 Å². The van der Waals surface area contributed by atoms with Crippen molar-refractivity contribution in [3.05, 3.63) is 64.2 Å². The summed E-state index contributed by atoms with van der Waals surface area (Å²) in [6.07, 6.45) is 2.01. The van der Waals surface area contributed by atoms with E-state index in [2.05, 4.69) is 49.5 Å². The maximum atomic E-state index is 9.13. The zero-order valence-corrected chi connectivity index (χ0v) is 13.1. The number of aryl methyl sites for hydroxylation is 2. The van der Waals surface area contributed by atoms with Crippen LogP contribution < -0.4 is 5.32 Å². The molecule has 0 saturated heterocycles. The molecule has 0 spiro atoms. The normalized spacial score (nSPS) is 11.7. The van der Waals surface area contributed by atoms with Gasteiger partial charge < -0.3 is 5.32 Å². The number of hydrogen-bond acceptors (Lipinski definition) is 2. The number of nitriles is 1. The number of nitrogens with one attached hydrogen (secondary N) is 1. The van der Waals surface area contributed by atoms with Crippen molar-refractivity contribution in [2.75, 3.05) is 5.32 Å². The maximum absolute atomic E-state index is 9.13. The van der Waals surface area contributed by atoms with E-state index in [-0.39, 0.29) is 6.04 Å². The number of rotatable bonds is 5. The molecule has 0 fully saturated rings. The van der Waals surface area contributed by atoms with Crippen LogP contribution in [0.25, 0.3) is 0 Å². The highest BCUT2D eigenvalue weighted by atomic mass is 35.5. The summed E-state index contributed by atoms with van der Waals surface area (Å²) in [5.74, 6) is 0. The van der Waals surface area contributed by atoms with Gasteiger partial charge in [-0.05, 0) is 50.5 Å². The Morgan fingerprint density at radius 3 is 2.76 bits per heavy atom. The molecule has 0 radical (unpaired) electrons. The molecule has 0 heterocycles. The topological polar surface area (TPSA) is 35.8 Å². The van der Waals surface area contributed by atoms with Crippen LogP contribution in [0.1, 0.15) is 30.0 Å². The van der Waals surface area contributed by atoms with E-state index in [0.29, 0.717) is 10.6 Å². The minimum Gasteiger partial charge on any atom is -0.381 e. The molecule has 2 aromatic carbocycles. The van der Waals surface area contributed by atoms with Crippen molar-refractivity contribution in [2.24, 2.45) is 0 Å². The average Bonchev–Trinajstić information content (AvgIpc) is 2.45. The smallest absolute Gasteiger partial charge is 0.101 e. The van der Waals surface area contributed by atoms with Crippen molar-refractivity contribution in [3.8, 4) is 6.07 Å². The second-order valence-electron chi connectivity index (χ2n) is 5.37. The Labute approximate surface area is 131 Å². The summed E-state index contributed by atoms with van der Waals surface area (Å²) in [6.45, 7) is 4.23. The van der Waals surface area contributed by atoms with E-state index in [4.69, 9.17) is 16.9 Å². The third kappa shape index (κ3) is 4.51. The lowest BCUT2D eigenvalue weighted by Gasteiger charge is -2.16. The molecular formula is C18H19ClN2. The number of halogens is 1. The summed E-state index contributed by atoms with van der Waals surface area (Å²) in [6, 6.07) is 16.3. The first-order valence-corrected chi connectivity index (χ1v) is 7.48. The molecular weight excluding hydrogens is 280 g/mol. The largest absolute Gasteiger partial charge is 0.381 e. The highest BCUT2D eigenvalue weighted by Gasteiger charge is 2.07. The molecule has 3 heteroatoms. The zero-order valence-electron chi connectivity index (χ0n) is 12.4. The minimum atomic E-state index is 0.274. The molecule has 0 aliphatic heterocycles. The van der Waals surface area contributed by atoms with Gasteiger partial charge in [-0.1, -0.05) is 41.4 Å². The van der Waals surface area contributed by atoms with Crippen LogP contribution in [0.5, 0.6) is 0 Å². The summed E-state index contributed by atoms with van der Waals surface area (Å²) in [5, 5.41) is 13.1.